The highest BCUT2D eigenvalue weighted by Crippen LogP contribution is 2.28. The molecule has 0 unspecified atom stereocenters. The molecule has 0 aliphatic heterocycles. The van der Waals surface area contributed by atoms with Crippen LogP contribution in [0.3, 0.4) is 0 Å². The van der Waals surface area contributed by atoms with Gasteiger partial charge in [-0.2, -0.15) is 0 Å². The number of nitrogens with two attached hydrogens (primary N) is 1. The van der Waals surface area contributed by atoms with Crippen LogP contribution in [0.25, 0.3) is 0 Å². The van der Waals surface area contributed by atoms with Gasteiger partial charge >= 0.3 is 0 Å². The Morgan fingerprint density at radius 3 is 2.79 bits per heavy atom. The fourth-order valence-corrected chi connectivity index (χ4v) is 1.05. The van der Waals surface area contributed by atoms with Crippen molar-refractivity contribution in [3.63, 3.8) is 0 Å². The number of hydrogen-bond donors (Lipinski definition) is 2. The van der Waals surface area contributed by atoms with E-state index in [4.69, 9.17) is 20.3 Å². The molecule has 14 heavy (non-hydrogen) atoms. The lowest BCUT2D eigenvalue weighted by Crippen LogP contribution is -2.01. The SMILES string of the molecule is COc1ccc(N)cc1OCCCO. The maximum absolute atomic E-state index is 8.59. The zero-order chi connectivity index (χ0) is 10.4. The zero-order valence-corrected chi connectivity index (χ0v) is 8.19. The number of ether oxygens (including phenoxy) is 2. The van der Waals surface area contributed by atoms with E-state index in [0.29, 0.717) is 30.2 Å². The van der Waals surface area contributed by atoms with Gasteiger partial charge in [-0.15, -0.1) is 0 Å². The second-order valence-corrected chi connectivity index (χ2v) is 2.84. The normalized spacial score (nSPS) is 9.86. The third-order valence-corrected chi connectivity index (χ3v) is 1.75. The minimum absolute atomic E-state index is 0.116. The van der Waals surface area contributed by atoms with Gasteiger partial charge in [-0.3, -0.25) is 0 Å². The van der Waals surface area contributed by atoms with Crippen molar-refractivity contribution < 1.29 is 14.6 Å². The molecule has 1 aromatic rings. The van der Waals surface area contributed by atoms with E-state index in [0.717, 1.165) is 0 Å². The molecule has 0 aliphatic rings. The summed E-state index contributed by atoms with van der Waals surface area (Å²) < 4.78 is 10.5. The predicted octanol–water partition coefficient (Wildman–Crippen LogP) is 1.04. The average Bonchev–Trinajstić information content (AvgIpc) is 2.19. The average molecular weight is 197 g/mol. The summed E-state index contributed by atoms with van der Waals surface area (Å²) in [5.41, 5.74) is 6.23. The van der Waals surface area contributed by atoms with Crippen LogP contribution in [-0.2, 0) is 0 Å². The summed E-state index contributed by atoms with van der Waals surface area (Å²) in [6.45, 7) is 0.570. The Balaban J connectivity index is 2.67. The second-order valence-electron chi connectivity index (χ2n) is 2.84. The zero-order valence-electron chi connectivity index (χ0n) is 8.19. The number of nitrogen functional groups attached to an aromatic ring is 1. The Kier molecular flexibility index (Phi) is 4.07. The molecule has 4 heteroatoms. The highest BCUT2D eigenvalue weighted by molar-refractivity contribution is 5.51. The summed E-state index contributed by atoms with van der Waals surface area (Å²) in [5.74, 6) is 1.26. The van der Waals surface area contributed by atoms with Crippen molar-refractivity contribution in [1.29, 1.82) is 0 Å². The van der Waals surface area contributed by atoms with Crippen LogP contribution in [0.4, 0.5) is 5.69 Å². The van der Waals surface area contributed by atoms with Crippen molar-refractivity contribution in [2.75, 3.05) is 26.1 Å². The van der Waals surface area contributed by atoms with E-state index in [9.17, 15) is 0 Å². The standard InChI is InChI=1S/C10H15NO3/c1-13-9-4-3-8(11)7-10(9)14-6-2-5-12/h3-4,7,12H,2,5-6,11H2,1H3. The summed E-state index contributed by atoms with van der Waals surface area (Å²) in [4.78, 5) is 0. The molecule has 0 aromatic heterocycles. The Bertz CT molecular complexity index is 289. The van der Waals surface area contributed by atoms with Crippen LogP contribution >= 0.6 is 0 Å². The van der Waals surface area contributed by atoms with Gasteiger partial charge in [-0.05, 0) is 12.1 Å². The van der Waals surface area contributed by atoms with Crippen molar-refractivity contribution in [3.05, 3.63) is 18.2 Å². The Hall–Kier alpha value is -1.42. The van der Waals surface area contributed by atoms with Crippen LogP contribution in [0.2, 0.25) is 0 Å². The van der Waals surface area contributed by atoms with E-state index in [1.807, 2.05) is 0 Å². The molecule has 0 atom stereocenters. The summed E-state index contributed by atoms with van der Waals surface area (Å²) in [6.07, 6.45) is 0.595. The van der Waals surface area contributed by atoms with Crippen LogP contribution in [-0.4, -0.2) is 25.4 Å². The van der Waals surface area contributed by atoms with Gasteiger partial charge < -0.3 is 20.3 Å². The number of methoxy groups -OCH3 is 1. The lowest BCUT2D eigenvalue weighted by molar-refractivity contribution is 0.228. The van der Waals surface area contributed by atoms with Gasteiger partial charge in [0.2, 0.25) is 0 Å². The van der Waals surface area contributed by atoms with Gasteiger partial charge in [0.15, 0.2) is 11.5 Å². The van der Waals surface area contributed by atoms with Gasteiger partial charge in [0.1, 0.15) is 0 Å². The second kappa shape index (κ2) is 5.34. The number of rotatable bonds is 5. The Labute approximate surface area is 83.3 Å². The first-order valence-corrected chi connectivity index (χ1v) is 4.45. The van der Waals surface area contributed by atoms with Gasteiger partial charge in [0, 0.05) is 24.8 Å². The predicted molar refractivity (Wildman–Crippen MR) is 54.6 cm³/mol. The summed E-state index contributed by atoms with van der Waals surface area (Å²) in [7, 11) is 1.57. The molecule has 0 amide bonds. The van der Waals surface area contributed by atoms with Crippen LogP contribution in [0.5, 0.6) is 11.5 Å². The molecular weight excluding hydrogens is 182 g/mol. The minimum atomic E-state index is 0.116. The highest BCUT2D eigenvalue weighted by atomic mass is 16.5. The third kappa shape index (κ3) is 2.81. The molecule has 1 aromatic carbocycles. The van der Waals surface area contributed by atoms with E-state index < -0.39 is 0 Å². The molecule has 0 heterocycles. The fraction of sp³-hybridized carbons (Fsp3) is 0.400. The maximum atomic E-state index is 8.59. The van der Waals surface area contributed by atoms with Crippen molar-refractivity contribution in [1.82, 2.24) is 0 Å². The smallest absolute Gasteiger partial charge is 0.163 e. The quantitative estimate of drug-likeness (QED) is 0.546. The van der Waals surface area contributed by atoms with Crippen LogP contribution in [0.1, 0.15) is 6.42 Å². The van der Waals surface area contributed by atoms with Gasteiger partial charge in [-0.1, -0.05) is 0 Å². The van der Waals surface area contributed by atoms with Crippen LogP contribution in [0.15, 0.2) is 18.2 Å². The molecule has 1 rings (SSSR count). The number of hydrogen-bond acceptors (Lipinski definition) is 4. The number of anilines is 1. The Morgan fingerprint density at radius 1 is 1.36 bits per heavy atom. The molecule has 0 bridgehead atoms. The lowest BCUT2D eigenvalue weighted by atomic mass is 10.3. The molecule has 0 fully saturated rings. The lowest BCUT2D eigenvalue weighted by Gasteiger charge is -2.10. The topological polar surface area (TPSA) is 64.7 Å². The largest absolute Gasteiger partial charge is 0.493 e. The van der Waals surface area contributed by atoms with Gasteiger partial charge in [-0.25, -0.2) is 0 Å². The van der Waals surface area contributed by atoms with Gasteiger partial charge in [0.05, 0.1) is 13.7 Å². The van der Waals surface area contributed by atoms with E-state index in [-0.39, 0.29) is 6.61 Å². The van der Waals surface area contributed by atoms with E-state index in [2.05, 4.69) is 0 Å². The molecule has 0 spiro atoms. The molecule has 4 nitrogen and oxygen atoms in total. The first-order chi connectivity index (χ1) is 6.77. The summed E-state index contributed by atoms with van der Waals surface area (Å²) >= 11 is 0. The first kappa shape index (κ1) is 10.7. The molecule has 0 radical (unpaired) electrons. The van der Waals surface area contributed by atoms with Crippen molar-refractivity contribution in [2.24, 2.45) is 0 Å². The van der Waals surface area contributed by atoms with E-state index >= 15 is 0 Å². The molecule has 78 valence electrons. The number of aliphatic hydroxyl groups excluding tert-OH is 1. The third-order valence-electron chi connectivity index (χ3n) is 1.75. The highest BCUT2D eigenvalue weighted by Gasteiger charge is 2.03. The van der Waals surface area contributed by atoms with Crippen LogP contribution < -0.4 is 15.2 Å². The van der Waals surface area contributed by atoms with Gasteiger partial charge in [0.25, 0.3) is 0 Å². The molecule has 0 aliphatic carbocycles. The summed E-state index contributed by atoms with van der Waals surface area (Å²) in [5, 5.41) is 8.59. The monoisotopic (exact) mass is 197 g/mol. The van der Waals surface area contributed by atoms with Crippen molar-refractivity contribution >= 4 is 5.69 Å². The molecule has 0 saturated carbocycles. The summed E-state index contributed by atoms with van der Waals surface area (Å²) in [6, 6.07) is 5.21. The minimum Gasteiger partial charge on any atom is -0.493 e. The van der Waals surface area contributed by atoms with Crippen molar-refractivity contribution in [2.45, 2.75) is 6.42 Å². The number of benzene rings is 1. The Morgan fingerprint density at radius 2 is 2.14 bits per heavy atom. The number of aliphatic hydroxyl groups is 1. The van der Waals surface area contributed by atoms with Crippen molar-refractivity contribution in [3.8, 4) is 11.5 Å². The molecular formula is C10H15NO3. The first-order valence-electron chi connectivity index (χ1n) is 4.45. The van der Waals surface area contributed by atoms with E-state index in [1.54, 1.807) is 25.3 Å². The molecule has 3 N–H and O–H groups in total. The maximum Gasteiger partial charge on any atom is 0.163 e. The van der Waals surface area contributed by atoms with Crippen LogP contribution in [0, 0.1) is 0 Å². The molecule has 0 saturated heterocycles. The van der Waals surface area contributed by atoms with E-state index in [1.165, 1.54) is 0 Å². The fourth-order valence-electron chi connectivity index (χ4n) is 1.05.